The summed E-state index contributed by atoms with van der Waals surface area (Å²) in [6.45, 7) is 5.69. The molecule has 0 atom stereocenters. The molecule has 0 aliphatic carbocycles. The highest BCUT2D eigenvalue weighted by Gasteiger charge is 2.21. The van der Waals surface area contributed by atoms with E-state index < -0.39 is 5.41 Å². The van der Waals surface area contributed by atoms with Gasteiger partial charge in [0.2, 0.25) is 5.89 Å². The van der Waals surface area contributed by atoms with Gasteiger partial charge in [-0.25, -0.2) is 9.97 Å². The van der Waals surface area contributed by atoms with Crippen LogP contribution in [0.25, 0.3) is 34.3 Å². The lowest BCUT2D eigenvalue weighted by Gasteiger charge is -2.25. The van der Waals surface area contributed by atoms with Gasteiger partial charge in [0.05, 0.1) is 36.2 Å². The monoisotopic (exact) mass is 480 g/mol. The first-order valence-corrected chi connectivity index (χ1v) is 12.0. The van der Waals surface area contributed by atoms with Crippen molar-refractivity contribution in [2.45, 2.75) is 38.5 Å². The summed E-state index contributed by atoms with van der Waals surface area (Å²) in [7, 11) is 0. The van der Waals surface area contributed by atoms with E-state index in [9.17, 15) is 0 Å². The van der Waals surface area contributed by atoms with Crippen LogP contribution >= 0.6 is 0 Å². The first-order valence-electron chi connectivity index (χ1n) is 12.0. The lowest BCUT2D eigenvalue weighted by atomic mass is 9.89. The number of ether oxygens (including phenoxy) is 1. The molecule has 3 aromatic heterocycles. The molecule has 8 nitrogen and oxygen atoms in total. The van der Waals surface area contributed by atoms with Crippen LogP contribution < -0.4 is 5.73 Å². The Morgan fingerprint density at radius 3 is 2.56 bits per heavy atom. The summed E-state index contributed by atoms with van der Waals surface area (Å²) in [5.74, 6) is 4.31. The molecule has 8 heteroatoms. The van der Waals surface area contributed by atoms with Crippen LogP contribution in [0.2, 0.25) is 0 Å². The van der Waals surface area contributed by atoms with Crippen molar-refractivity contribution in [1.29, 1.82) is 0 Å². The van der Waals surface area contributed by atoms with E-state index in [2.05, 4.69) is 43.2 Å². The third-order valence-corrected chi connectivity index (χ3v) is 6.47. The van der Waals surface area contributed by atoms with E-state index in [4.69, 9.17) is 21.3 Å². The van der Waals surface area contributed by atoms with Gasteiger partial charge in [-0.05, 0) is 62.9 Å². The van der Waals surface area contributed by atoms with Crippen molar-refractivity contribution in [3.05, 3.63) is 60.0 Å². The van der Waals surface area contributed by atoms with Gasteiger partial charge in [0.25, 0.3) is 5.89 Å². The van der Waals surface area contributed by atoms with Crippen LogP contribution in [0.4, 0.5) is 5.82 Å². The molecule has 1 aliphatic heterocycles. The van der Waals surface area contributed by atoms with Crippen LogP contribution in [0, 0.1) is 18.3 Å². The average molecular weight is 481 g/mol. The Morgan fingerprint density at radius 1 is 1.06 bits per heavy atom. The molecule has 2 N–H and O–H groups in total. The third-order valence-electron chi connectivity index (χ3n) is 6.47. The highest BCUT2D eigenvalue weighted by molar-refractivity contribution is 5.69. The Balaban J connectivity index is 1.34. The SMILES string of the molecule is C#CC(C)(C)c1cc(-c2cnc(N)c(-c3nnc(-c4ccc(CCCC5COC5)cc4)o3)n2)ccn1. The number of nitrogens with two attached hydrogens (primary N) is 1. The molecule has 1 fully saturated rings. The second-order valence-electron chi connectivity index (χ2n) is 9.59. The van der Waals surface area contributed by atoms with Crippen LogP contribution in [0.1, 0.15) is 37.9 Å². The van der Waals surface area contributed by atoms with E-state index in [0.717, 1.165) is 48.8 Å². The number of aryl methyl sites for hydroxylation is 1. The van der Waals surface area contributed by atoms with E-state index in [0.29, 0.717) is 17.3 Å². The van der Waals surface area contributed by atoms with Crippen molar-refractivity contribution in [3.8, 4) is 46.6 Å². The van der Waals surface area contributed by atoms with Crippen LogP contribution in [-0.4, -0.2) is 38.4 Å². The van der Waals surface area contributed by atoms with Crippen LogP contribution in [-0.2, 0) is 16.6 Å². The van der Waals surface area contributed by atoms with Crippen LogP contribution in [0.3, 0.4) is 0 Å². The molecule has 1 aliphatic rings. The van der Waals surface area contributed by atoms with Gasteiger partial charge in [-0.2, -0.15) is 0 Å². The van der Waals surface area contributed by atoms with Gasteiger partial charge < -0.3 is 14.9 Å². The van der Waals surface area contributed by atoms with Crippen LogP contribution in [0.15, 0.2) is 53.2 Å². The first-order chi connectivity index (χ1) is 17.4. The molecular weight excluding hydrogens is 452 g/mol. The molecule has 4 aromatic rings. The number of pyridine rings is 1. The Morgan fingerprint density at radius 2 is 1.83 bits per heavy atom. The van der Waals surface area contributed by atoms with Gasteiger partial charge in [-0.15, -0.1) is 16.6 Å². The number of rotatable bonds is 8. The molecule has 1 aromatic carbocycles. The summed E-state index contributed by atoms with van der Waals surface area (Å²) in [6, 6.07) is 12.0. The van der Waals surface area contributed by atoms with Gasteiger partial charge in [-0.1, -0.05) is 18.1 Å². The summed E-state index contributed by atoms with van der Waals surface area (Å²) in [6.07, 6.45) is 12.4. The van der Waals surface area contributed by atoms with Crippen molar-refractivity contribution in [1.82, 2.24) is 25.1 Å². The van der Waals surface area contributed by atoms with Crippen molar-refractivity contribution in [2.75, 3.05) is 18.9 Å². The molecule has 0 spiro atoms. The Labute approximate surface area is 210 Å². The normalized spacial score (nSPS) is 13.8. The first kappa shape index (κ1) is 23.6. The van der Waals surface area contributed by atoms with Crippen molar-refractivity contribution >= 4 is 5.82 Å². The zero-order chi connectivity index (χ0) is 25.1. The molecule has 0 amide bonds. The fraction of sp³-hybridized carbons (Fsp3) is 0.321. The topological polar surface area (TPSA) is 113 Å². The van der Waals surface area contributed by atoms with Crippen LogP contribution in [0.5, 0.6) is 0 Å². The molecular formula is C28H28N6O2. The lowest BCUT2D eigenvalue weighted by molar-refractivity contribution is -0.0361. The van der Waals surface area contributed by atoms with E-state index in [-0.39, 0.29) is 11.7 Å². The lowest BCUT2D eigenvalue weighted by Crippen LogP contribution is -2.27. The second kappa shape index (κ2) is 9.88. The highest BCUT2D eigenvalue weighted by atomic mass is 16.5. The highest BCUT2D eigenvalue weighted by Crippen LogP contribution is 2.30. The molecule has 36 heavy (non-hydrogen) atoms. The van der Waals surface area contributed by atoms with Crippen molar-refractivity contribution in [3.63, 3.8) is 0 Å². The predicted octanol–water partition coefficient (Wildman–Crippen LogP) is 4.72. The molecule has 4 heterocycles. The summed E-state index contributed by atoms with van der Waals surface area (Å²) >= 11 is 0. The number of anilines is 1. The van der Waals surface area contributed by atoms with Crippen molar-refractivity contribution < 1.29 is 9.15 Å². The molecule has 0 radical (unpaired) electrons. The minimum Gasteiger partial charge on any atom is -0.414 e. The fourth-order valence-electron chi connectivity index (χ4n) is 4.00. The zero-order valence-corrected chi connectivity index (χ0v) is 20.4. The largest absolute Gasteiger partial charge is 0.414 e. The number of aromatic nitrogens is 5. The summed E-state index contributed by atoms with van der Waals surface area (Å²) < 4.78 is 11.2. The van der Waals surface area contributed by atoms with Gasteiger partial charge in [0.15, 0.2) is 11.5 Å². The Kier molecular flexibility index (Phi) is 6.49. The molecule has 182 valence electrons. The minimum atomic E-state index is -0.511. The molecule has 0 bridgehead atoms. The Bertz CT molecular complexity index is 1400. The number of hydrogen-bond donors (Lipinski definition) is 1. The molecule has 0 saturated carbocycles. The smallest absolute Gasteiger partial charge is 0.270 e. The predicted molar refractivity (Wildman–Crippen MR) is 138 cm³/mol. The quantitative estimate of drug-likeness (QED) is 0.361. The summed E-state index contributed by atoms with van der Waals surface area (Å²) in [5.41, 5.74) is 10.2. The standard InChI is InChI=1S/C28H28N6O2/c1-4-28(2,3)23-14-21(12-13-30-23)22-15-31-25(29)24(32-22)27-34-33-26(36-27)20-10-8-18(9-11-20)6-5-7-19-16-35-17-19/h1,8-15,19H,5-7,16-17H2,2-3H3,(H2,29,31). The molecule has 1 saturated heterocycles. The zero-order valence-electron chi connectivity index (χ0n) is 20.4. The third kappa shape index (κ3) is 4.97. The maximum absolute atomic E-state index is 6.12. The molecule has 5 rings (SSSR count). The number of terminal acetylenes is 1. The number of hydrogen-bond acceptors (Lipinski definition) is 8. The summed E-state index contributed by atoms with van der Waals surface area (Å²) in [4.78, 5) is 13.4. The molecule has 0 unspecified atom stereocenters. The van der Waals surface area contributed by atoms with E-state index in [1.165, 1.54) is 12.0 Å². The van der Waals surface area contributed by atoms with Gasteiger partial charge in [0, 0.05) is 23.2 Å². The number of benzene rings is 1. The Hall–Kier alpha value is -4.09. The fourth-order valence-corrected chi connectivity index (χ4v) is 4.00. The van der Waals surface area contributed by atoms with Gasteiger partial charge in [0.1, 0.15) is 0 Å². The van der Waals surface area contributed by atoms with E-state index >= 15 is 0 Å². The average Bonchev–Trinajstić information content (AvgIpc) is 3.36. The van der Waals surface area contributed by atoms with Gasteiger partial charge >= 0.3 is 0 Å². The van der Waals surface area contributed by atoms with Crippen molar-refractivity contribution in [2.24, 2.45) is 5.92 Å². The maximum Gasteiger partial charge on any atom is 0.270 e. The maximum atomic E-state index is 6.12. The summed E-state index contributed by atoms with van der Waals surface area (Å²) in [5, 5.41) is 8.40. The van der Waals surface area contributed by atoms with E-state index in [1.807, 2.05) is 38.1 Å². The van der Waals surface area contributed by atoms with Gasteiger partial charge in [-0.3, -0.25) is 4.98 Å². The number of nitrogen functional groups attached to an aromatic ring is 1. The number of nitrogens with zero attached hydrogens (tertiary/aromatic N) is 5. The minimum absolute atomic E-state index is 0.208. The van der Waals surface area contributed by atoms with E-state index in [1.54, 1.807) is 12.4 Å². The second-order valence-corrected chi connectivity index (χ2v) is 9.59.